The first-order valence-corrected chi connectivity index (χ1v) is 8.71. The molecule has 3 nitrogen and oxygen atoms in total. The van der Waals surface area contributed by atoms with Crippen LogP contribution in [0.15, 0.2) is 36.4 Å². The Morgan fingerprint density at radius 3 is 2.33 bits per heavy atom. The van der Waals surface area contributed by atoms with Gasteiger partial charge in [-0.2, -0.15) is 0 Å². The fourth-order valence-corrected chi connectivity index (χ4v) is 3.27. The minimum Gasteiger partial charge on any atom is -0.312 e. The van der Waals surface area contributed by atoms with Crippen molar-refractivity contribution in [3.8, 4) is 0 Å². The largest absolute Gasteiger partial charge is 0.312 e. The van der Waals surface area contributed by atoms with Gasteiger partial charge in [0.1, 0.15) is 0 Å². The van der Waals surface area contributed by atoms with Gasteiger partial charge >= 0.3 is 0 Å². The van der Waals surface area contributed by atoms with Crippen molar-refractivity contribution in [2.24, 2.45) is 0 Å². The summed E-state index contributed by atoms with van der Waals surface area (Å²) in [6, 6.07) is 12.9. The molecule has 0 radical (unpaired) electrons. The van der Waals surface area contributed by atoms with Crippen LogP contribution in [0.1, 0.15) is 40.7 Å². The molecule has 2 aromatic carbocycles. The van der Waals surface area contributed by atoms with Gasteiger partial charge in [-0.15, -0.1) is 0 Å². The van der Waals surface area contributed by atoms with Gasteiger partial charge in [0.25, 0.3) is 0 Å². The number of hydrogen-bond donors (Lipinski definition) is 1. The molecular weight excluding hydrogens is 296 g/mol. The number of nitrogens with one attached hydrogen (secondary N) is 1. The fraction of sp³-hybridized carbons (Fsp3) is 0.381. The summed E-state index contributed by atoms with van der Waals surface area (Å²) in [6.45, 7) is 9.05. The summed E-state index contributed by atoms with van der Waals surface area (Å²) in [5.41, 5.74) is 7.66. The highest BCUT2D eigenvalue weighted by Gasteiger charge is 2.21. The molecule has 1 heterocycles. The van der Waals surface area contributed by atoms with Gasteiger partial charge < -0.3 is 10.2 Å². The van der Waals surface area contributed by atoms with Gasteiger partial charge in [0, 0.05) is 31.7 Å². The van der Waals surface area contributed by atoms with Crippen LogP contribution in [0.4, 0.5) is 5.69 Å². The van der Waals surface area contributed by atoms with Gasteiger partial charge in [-0.3, -0.25) is 4.79 Å². The lowest BCUT2D eigenvalue weighted by atomic mass is 10.0. The number of aryl methyl sites for hydroxylation is 3. The first-order valence-electron chi connectivity index (χ1n) is 8.71. The lowest BCUT2D eigenvalue weighted by Crippen LogP contribution is -2.23. The van der Waals surface area contributed by atoms with Crippen molar-refractivity contribution in [2.45, 2.75) is 46.7 Å². The SMILES string of the molecule is Cc1cc(C)c(CNCc2ccc(N3CCCC3=O)cc2)cc1C. The summed E-state index contributed by atoms with van der Waals surface area (Å²) in [7, 11) is 0. The minimum atomic E-state index is 0.242. The topological polar surface area (TPSA) is 32.3 Å². The van der Waals surface area contributed by atoms with Crippen LogP contribution in [-0.2, 0) is 17.9 Å². The molecule has 0 unspecified atom stereocenters. The summed E-state index contributed by atoms with van der Waals surface area (Å²) in [4.78, 5) is 13.7. The summed E-state index contributed by atoms with van der Waals surface area (Å²) in [6.07, 6.45) is 1.65. The van der Waals surface area contributed by atoms with Gasteiger partial charge in [0.15, 0.2) is 0 Å². The van der Waals surface area contributed by atoms with Crippen molar-refractivity contribution < 1.29 is 4.79 Å². The molecule has 0 bridgehead atoms. The molecule has 0 aliphatic carbocycles. The highest BCUT2D eigenvalue weighted by molar-refractivity contribution is 5.95. The molecule has 0 spiro atoms. The van der Waals surface area contributed by atoms with E-state index >= 15 is 0 Å². The van der Waals surface area contributed by atoms with Crippen molar-refractivity contribution in [3.05, 3.63) is 64.2 Å². The molecule has 24 heavy (non-hydrogen) atoms. The molecule has 1 aliphatic heterocycles. The second kappa shape index (κ2) is 7.18. The Bertz CT molecular complexity index is 734. The van der Waals surface area contributed by atoms with Crippen molar-refractivity contribution in [1.29, 1.82) is 0 Å². The molecule has 0 saturated carbocycles. The van der Waals surface area contributed by atoms with E-state index in [1.54, 1.807) is 0 Å². The molecule has 1 amide bonds. The van der Waals surface area contributed by atoms with E-state index in [2.05, 4.69) is 62.5 Å². The Morgan fingerprint density at radius 2 is 1.67 bits per heavy atom. The van der Waals surface area contributed by atoms with Crippen LogP contribution in [0, 0.1) is 20.8 Å². The summed E-state index contributed by atoms with van der Waals surface area (Å²) in [5.74, 6) is 0.242. The average molecular weight is 322 g/mol. The van der Waals surface area contributed by atoms with Crippen LogP contribution in [0.2, 0.25) is 0 Å². The van der Waals surface area contributed by atoms with Crippen LogP contribution >= 0.6 is 0 Å². The Labute approximate surface area is 144 Å². The second-order valence-corrected chi connectivity index (χ2v) is 6.78. The number of amides is 1. The fourth-order valence-electron chi connectivity index (χ4n) is 3.27. The smallest absolute Gasteiger partial charge is 0.227 e. The van der Waals surface area contributed by atoms with Crippen molar-refractivity contribution in [3.63, 3.8) is 0 Å². The maximum Gasteiger partial charge on any atom is 0.227 e. The number of carbonyl (C=O) groups is 1. The van der Waals surface area contributed by atoms with Crippen molar-refractivity contribution in [2.75, 3.05) is 11.4 Å². The van der Waals surface area contributed by atoms with Crippen LogP contribution in [-0.4, -0.2) is 12.5 Å². The summed E-state index contributed by atoms with van der Waals surface area (Å²) < 4.78 is 0. The quantitative estimate of drug-likeness (QED) is 0.901. The Kier molecular flexibility index (Phi) is 5.00. The predicted octanol–water partition coefficient (Wildman–Crippen LogP) is 4.03. The Hall–Kier alpha value is -2.13. The molecule has 2 aromatic rings. The molecule has 1 N–H and O–H groups in total. The van der Waals surface area contributed by atoms with Crippen LogP contribution in [0.3, 0.4) is 0 Å². The van der Waals surface area contributed by atoms with E-state index in [1.807, 2.05) is 4.90 Å². The number of hydrogen-bond acceptors (Lipinski definition) is 2. The van der Waals surface area contributed by atoms with E-state index in [-0.39, 0.29) is 5.91 Å². The highest BCUT2D eigenvalue weighted by atomic mass is 16.2. The molecule has 0 atom stereocenters. The first kappa shape index (κ1) is 16.7. The zero-order valence-electron chi connectivity index (χ0n) is 14.9. The monoisotopic (exact) mass is 322 g/mol. The third kappa shape index (κ3) is 3.68. The van der Waals surface area contributed by atoms with Crippen LogP contribution in [0.5, 0.6) is 0 Å². The van der Waals surface area contributed by atoms with E-state index in [1.165, 1.54) is 27.8 Å². The molecule has 126 valence electrons. The van der Waals surface area contributed by atoms with E-state index in [4.69, 9.17) is 0 Å². The molecule has 3 rings (SSSR count). The first-order chi connectivity index (χ1) is 11.5. The lowest BCUT2D eigenvalue weighted by molar-refractivity contribution is -0.117. The Morgan fingerprint density at radius 1 is 0.958 bits per heavy atom. The van der Waals surface area contributed by atoms with Gasteiger partial charge in [0.05, 0.1) is 0 Å². The van der Waals surface area contributed by atoms with Gasteiger partial charge in [-0.1, -0.05) is 24.3 Å². The predicted molar refractivity (Wildman–Crippen MR) is 99.2 cm³/mol. The molecule has 1 fully saturated rings. The van der Waals surface area contributed by atoms with Crippen molar-refractivity contribution in [1.82, 2.24) is 5.32 Å². The average Bonchev–Trinajstić information content (AvgIpc) is 2.99. The second-order valence-electron chi connectivity index (χ2n) is 6.78. The standard InChI is InChI=1S/C21H26N2O/c1-15-11-17(3)19(12-16(15)2)14-22-13-18-6-8-20(9-7-18)23-10-4-5-21(23)24/h6-9,11-12,22H,4-5,10,13-14H2,1-3H3. The Balaban J connectivity index is 1.57. The summed E-state index contributed by atoms with van der Waals surface area (Å²) >= 11 is 0. The van der Waals surface area contributed by atoms with E-state index in [0.717, 1.165) is 31.7 Å². The molecule has 3 heteroatoms. The normalized spacial score (nSPS) is 14.5. The molecular formula is C21H26N2O. The zero-order chi connectivity index (χ0) is 17.1. The lowest BCUT2D eigenvalue weighted by Gasteiger charge is -2.16. The molecule has 1 saturated heterocycles. The summed E-state index contributed by atoms with van der Waals surface area (Å²) in [5, 5.41) is 3.52. The number of carbonyl (C=O) groups excluding carboxylic acids is 1. The van der Waals surface area contributed by atoms with E-state index in [0.29, 0.717) is 6.42 Å². The van der Waals surface area contributed by atoms with Crippen LogP contribution < -0.4 is 10.2 Å². The maximum absolute atomic E-state index is 11.8. The van der Waals surface area contributed by atoms with E-state index < -0.39 is 0 Å². The molecule has 0 aromatic heterocycles. The third-order valence-electron chi connectivity index (χ3n) is 4.92. The van der Waals surface area contributed by atoms with Gasteiger partial charge in [-0.05, 0) is 67.1 Å². The number of nitrogens with zero attached hydrogens (tertiary/aromatic N) is 1. The van der Waals surface area contributed by atoms with Gasteiger partial charge in [0.2, 0.25) is 5.91 Å². The number of anilines is 1. The maximum atomic E-state index is 11.8. The van der Waals surface area contributed by atoms with E-state index in [9.17, 15) is 4.79 Å². The minimum absolute atomic E-state index is 0.242. The zero-order valence-corrected chi connectivity index (χ0v) is 14.9. The van der Waals surface area contributed by atoms with Gasteiger partial charge in [-0.25, -0.2) is 0 Å². The third-order valence-corrected chi connectivity index (χ3v) is 4.92. The highest BCUT2D eigenvalue weighted by Crippen LogP contribution is 2.21. The van der Waals surface area contributed by atoms with Crippen LogP contribution in [0.25, 0.3) is 0 Å². The molecule has 1 aliphatic rings. The number of rotatable bonds is 5. The number of benzene rings is 2. The van der Waals surface area contributed by atoms with Crippen molar-refractivity contribution >= 4 is 11.6 Å².